The van der Waals surface area contributed by atoms with Gasteiger partial charge in [-0.2, -0.15) is 4.98 Å². The number of aromatic nitrogens is 2. The van der Waals surface area contributed by atoms with Gasteiger partial charge in [0.05, 0.1) is 5.56 Å². The molecule has 0 saturated heterocycles. The topological polar surface area (TPSA) is 105 Å². The molecular weight excluding hydrogens is 294 g/mol. The zero-order valence-corrected chi connectivity index (χ0v) is 12.7. The van der Waals surface area contributed by atoms with Crippen LogP contribution in [0.4, 0.5) is 5.00 Å². The number of nitrogens with one attached hydrogen (secondary N) is 1. The number of carboxylic acid groups (broad SMARTS) is 1. The summed E-state index contributed by atoms with van der Waals surface area (Å²) in [6.45, 7) is 5.25. The first kappa shape index (κ1) is 15.2. The summed E-state index contributed by atoms with van der Waals surface area (Å²) in [5.74, 6) is -0.419. The number of anilines is 1. The van der Waals surface area contributed by atoms with E-state index in [0.717, 1.165) is 4.88 Å². The molecule has 0 radical (unpaired) electrons. The summed E-state index contributed by atoms with van der Waals surface area (Å²) in [5, 5.41) is 15.8. The van der Waals surface area contributed by atoms with Crippen LogP contribution < -0.4 is 5.32 Å². The Morgan fingerprint density at radius 1 is 1.33 bits per heavy atom. The van der Waals surface area contributed by atoms with E-state index in [-0.39, 0.29) is 17.9 Å². The van der Waals surface area contributed by atoms with Crippen LogP contribution in [-0.4, -0.2) is 27.1 Å². The Bertz CT molecular complexity index is 690. The van der Waals surface area contributed by atoms with E-state index in [1.54, 1.807) is 13.8 Å². The zero-order valence-electron chi connectivity index (χ0n) is 11.9. The minimum Gasteiger partial charge on any atom is -0.478 e. The van der Waals surface area contributed by atoms with Crippen LogP contribution in [0.15, 0.2) is 4.52 Å². The van der Waals surface area contributed by atoms with E-state index in [1.165, 1.54) is 11.3 Å². The Morgan fingerprint density at radius 3 is 2.62 bits per heavy atom. The molecule has 8 heteroatoms. The molecule has 0 saturated carbocycles. The van der Waals surface area contributed by atoms with Crippen molar-refractivity contribution in [1.82, 2.24) is 10.1 Å². The molecule has 7 nitrogen and oxygen atoms in total. The smallest absolute Gasteiger partial charge is 0.338 e. The van der Waals surface area contributed by atoms with E-state index in [0.29, 0.717) is 28.7 Å². The van der Waals surface area contributed by atoms with Crippen LogP contribution in [0.1, 0.15) is 38.9 Å². The molecule has 0 aromatic carbocycles. The quantitative estimate of drug-likeness (QED) is 0.878. The Kier molecular flexibility index (Phi) is 4.37. The number of aryl methyl sites for hydroxylation is 3. The van der Waals surface area contributed by atoms with Crippen LogP contribution in [0.5, 0.6) is 0 Å². The summed E-state index contributed by atoms with van der Waals surface area (Å²) in [4.78, 5) is 28.0. The SMILES string of the molecule is Cc1noc(CCC(=O)Nc2sc(C)c(C)c2C(=O)O)n1. The van der Waals surface area contributed by atoms with Crippen LogP contribution in [-0.2, 0) is 11.2 Å². The van der Waals surface area contributed by atoms with E-state index in [4.69, 9.17) is 4.52 Å². The van der Waals surface area contributed by atoms with Crippen molar-refractivity contribution in [3.8, 4) is 0 Å². The second kappa shape index (κ2) is 6.04. The molecule has 0 bridgehead atoms. The fraction of sp³-hybridized carbons (Fsp3) is 0.385. The lowest BCUT2D eigenvalue weighted by Crippen LogP contribution is -2.14. The first-order valence-electron chi connectivity index (χ1n) is 6.30. The van der Waals surface area contributed by atoms with Crippen LogP contribution >= 0.6 is 11.3 Å². The van der Waals surface area contributed by atoms with Crippen LogP contribution in [0.25, 0.3) is 0 Å². The number of nitrogens with zero attached hydrogens (tertiary/aromatic N) is 2. The number of carbonyl (C=O) groups excluding carboxylic acids is 1. The zero-order chi connectivity index (χ0) is 15.6. The Labute approximate surface area is 125 Å². The molecule has 0 spiro atoms. The fourth-order valence-corrected chi connectivity index (χ4v) is 2.89. The van der Waals surface area contributed by atoms with E-state index in [1.807, 2.05) is 6.92 Å². The summed E-state index contributed by atoms with van der Waals surface area (Å²) in [6, 6.07) is 0. The highest BCUT2D eigenvalue weighted by Gasteiger charge is 2.20. The Morgan fingerprint density at radius 2 is 2.05 bits per heavy atom. The molecule has 2 aromatic heterocycles. The summed E-state index contributed by atoms with van der Waals surface area (Å²) in [6.07, 6.45) is 0.467. The van der Waals surface area contributed by atoms with Gasteiger partial charge in [-0.05, 0) is 26.3 Å². The van der Waals surface area contributed by atoms with Crippen molar-refractivity contribution in [2.45, 2.75) is 33.6 Å². The summed E-state index contributed by atoms with van der Waals surface area (Å²) in [5.41, 5.74) is 0.829. The molecule has 2 rings (SSSR count). The molecule has 21 heavy (non-hydrogen) atoms. The molecule has 0 fully saturated rings. The average molecular weight is 309 g/mol. The summed E-state index contributed by atoms with van der Waals surface area (Å²) < 4.78 is 4.92. The predicted molar refractivity (Wildman–Crippen MR) is 76.7 cm³/mol. The third kappa shape index (κ3) is 3.46. The van der Waals surface area contributed by atoms with Crippen LogP contribution in [0.2, 0.25) is 0 Å². The standard InChI is InChI=1S/C13H15N3O4S/c1-6-7(2)21-12(11(6)13(18)19)15-9(17)4-5-10-14-8(3)16-20-10/h4-5H2,1-3H3,(H,15,17)(H,18,19). The number of rotatable bonds is 5. The van der Waals surface area contributed by atoms with Crippen molar-refractivity contribution in [2.24, 2.45) is 0 Å². The third-order valence-electron chi connectivity index (χ3n) is 2.99. The van der Waals surface area contributed by atoms with Gasteiger partial charge < -0.3 is 14.9 Å². The minimum absolute atomic E-state index is 0.149. The molecular formula is C13H15N3O4S. The number of carboxylic acids is 1. The van der Waals surface area contributed by atoms with Crippen molar-refractivity contribution in [3.05, 3.63) is 27.7 Å². The van der Waals surface area contributed by atoms with Gasteiger partial charge in [0.2, 0.25) is 11.8 Å². The number of thiophene rings is 1. The molecule has 0 aliphatic carbocycles. The second-order valence-corrected chi connectivity index (χ2v) is 5.80. The lowest BCUT2D eigenvalue weighted by atomic mass is 10.1. The molecule has 1 amide bonds. The Balaban J connectivity index is 2.03. The van der Waals surface area contributed by atoms with Gasteiger partial charge >= 0.3 is 5.97 Å². The van der Waals surface area contributed by atoms with Gasteiger partial charge in [0, 0.05) is 17.7 Å². The van der Waals surface area contributed by atoms with Gasteiger partial charge in [-0.15, -0.1) is 11.3 Å². The monoisotopic (exact) mass is 309 g/mol. The molecule has 2 N–H and O–H groups in total. The maximum atomic E-state index is 11.9. The van der Waals surface area contributed by atoms with Gasteiger partial charge in [-0.3, -0.25) is 4.79 Å². The van der Waals surface area contributed by atoms with Gasteiger partial charge in [0.15, 0.2) is 5.82 Å². The minimum atomic E-state index is -1.04. The van der Waals surface area contributed by atoms with Gasteiger partial charge in [-0.1, -0.05) is 5.16 Å². The summed E-state index contributed by atoms with van der Waals surface area (Å²) in [7, 11) is 0. The number of hydrogen-bond acceptors (Lipinski definition) is 6. The molecule has 2 heterocycles. The first-order valence-corrected chi connectivity index (χ1v) is 7.12. The van der Waals surface area contributed by atoms with Gasteiger partial charge in [-0.25, -0.2) is 4.79 Å². The lowest BCUT2D eigenvalue weighted by molar-refractivity contribution is -0.116. The van der Waals surface area contributed by atoms with Gasteiger partial charge in [0.1, 0.15) is 5.00 Å². The molecule has 112 valence electrons. The lowest BCUT2D eigenvalue weighted by Gasteiger charge is -2.03. The van der Waals surface area contributed by atoms with Crippen LogP contribution in [0, 0.1) is 20.8 Å². The van der Waals surface area contributed by atoms with Gasteiger partial charge in [0.25, 0.3) is 0 Å². The van der Waals surface area contributed by atoms with E-state index < -0.39 is 5.97 Å². The average Bonchev–Trinajstić information content (AvgIpc) is 2.92. The van der Waals surface area contributed by atoms with E-state index >= 15 is 0 Å². The maximum Gasteiger partial charge on any atom is 0.338 e. The molecule has 0 aliphatic rings. The third-order valence-corrected chi connectivity index (χ3v) is 4.11. The normalized spacial score (nSPS) is 10.6. The second-order valence-electron chi connectivity index (χ2n) is 4.58. The molecule has 0 aliphatic heterocycles. The van der Waals surface area contributed by atoms with Crippen LogP contribution in [0.3, 0.4) is 0 Å². The van der Waals surface area contributed by atoms with Crippen molar-refractivity contribution in [1.29, 1.82) is 0 Å². The number of carbonyl (C=O) groups is 2. The van der Waals surface area contributed by atoms with E-state index in [2.05, 4.69) is 15.5 Å². The summed E-state index contributed by atoms with van der Waals surface area (Å²) >= 11 is 1.26. The van der Waals surface area contributed by atoms with Crippen molar-refractivity contribution < 1.29 is 19.2 Å². The fourth-order valence-electron chi connectivity index (χ4n) is 1.82. The predicted octanol–water partition coefficient (Wildman–Crippen LogP) is 2.33. The molecule has 0 atom stereocenters. The number of aromatic carboxylic acids is 1. The number of hydrogen-bond donors (Lipinski definition) is 2. The van der Waals surface area contributed by atoms with Crippen molar-refractivity contribution in [3.63, 3.8) is 0 Å². The Hall–Kier alpha value is -2.22. The first-order chi connectivity index (χ1) is 9.88. The molecule has 0 unspecified atom stereocenters. The number of amides is 1. The highest BCUT2D eigenvalue weighted by Crippen LogP contribution is 2.32. The largest absolute Gasteiger partial charge is 0.478 e. The van der Waals surface area contributed by atoms with Crippen molar-refractivity contribution >= 4 is 28.2 Å². The highest BCUT2D eigenvalue weighted by molar-refractivity contribution is 7.16. The van der Waals surface area contributed by atoms with E-state index in [9.17, 15) is 14.7 Å². The molecule has 2 aromatic rings. The van der Waals surface area contributed by atoms with Crippen molar-refractivity contribution in [2.75, 3.05) is 5.32 Å². The maximum absolute atomic E-state index is 11.9. The highest BCUT2D eigenvalue weighted by atomic mass is 32.1.